The molecule has 1 aromatic heterocycles. The topological polar surface area (TPSA) is 38.0 Å². The van der Waals surface area contributed by atoms with Crippen molar-refractivity contribution >= 4 is 27.0 Å². The lowest BCUT2D eigenvalue weighted by atomic mass is 10.1. The van der Waals surface area contributed by atoms with Crippen LogP contribution in [0.15, 0.2) is 53.3 Å². The number of imidazole rings is 1. The molecule has 1 unspecified atom stereocenters. The lowest BCUT2D eigenvalue weighted by molar-refractivity contribution is 0.155. The molecule has 0 saturated heterocycles. The Bertz CT molecular complexity index is 772. The van der Waals surface area contributed by atoms with Crippen LogP contribution in [-0.4, -0.2) is 20.8 Å². The first kappa shape index (κ1) is 14.2. The molecule has 1 heterocycles. The second kappa shape index (κ2) is 5.95. The number of nitrogens with zero attached hydrogens (tertiary/aromatic N) is 2. The van der Waals surface area contributed by atoms with Gasteiger partial charge in [0.25, 0.3) is 0 Å². The average molecular weight is 349 g/mol. The molecule has 3 rings (SSSR count). The first-order valence-electron chi connectivity index (χ1n) is 6.66. The number of halogens is 2. The zero-order valence-electron chi connectivity index (χ0n) is 11.2. The highest BCUT2D eigenvalue weighted by Gasteiger charge is 2.12. The lowest BCUT2D eigenvalue weighted by Gasteiger charge is -2.13. The second-order valence-electron chi connectivity index (χ2n) is 4.96. The number of hydrogen-bond acceptors (Lipinski definition) is 2. The first-order valence-corrected chi connectivity index (χ1v) is 7.45. The summed E-state index contributed by atoms with van der Waals surface area (Å²) in [6, 6.07) is 12.6. The molecule has 0 saturated carbocycles. The fourth-order valence-electron chi connectivity index (χ4n) is 2.41. The highest BCUT2D eigenvalue weighted by molar-refractivity contribution is 9.10. The van der Waals surface area contributed by atoms with Crippen LogP contribution < -0.4 is 0 Å². The quantitative estimate of drug-likeness (QED) is 0.782. The summed E-state index contributed by atoms with van der Waals surface area (Å²) in [5.74, 6) is -0.312. The van der Waals surface area contributed by atoms with Crippen molar-refractivity contribution in [3.63, 3.8) is 0 Å². The number of benzene rings is 2. The maximum atomic E-state index is 13.5. The summed E-state index contributed by atoms with van der Waals surface area (Å²) in [4.78, 5) is 4.29. The van der Waals surface area contributed by atoms with Crippen molar-refractivity contribution < 1.29 is 9.50 Å². The summed E-state index contributed by atoms with van der Waals surface area (Å²) < 4.78 is 15.8. The maximum absolute atomic E-state index is 13.5. The van der Waals surface area contributed by atoms with Crippen LogP contribution in [0.4, 0.5) is 4.39 Å². The van der Waals surface area contributed by atoms with Crippen molar-refractivity contribution in [2.24, 2.45) is 0 Å². The predicted molar refractivity (Wildman–Crippen MR) is 83.5 cm³/mol. The zero-order valence-corrected chi connectivity index (χ0v) is 12.8. The van der Waals surface area contributed by atoms with Crippen LogP contribution in [0.25, 0.3) is 11.0 Å². The highest BCUT2D eigenvalue weighted by Crippen LogP contribution is 2.22. The number of aliphatic hydroxyl groups is 1. The maximum Gasteiger partial charge on any atom is 0.137 e. The van der Waals surface area contributed by atoms with Gasteiger partial charge in [0, 0.05) is 6.42 Å². The largest absolute Gasteiger partial charge is 0.391 e. The molecule has 108 valence electrons. The highest BCUT2D eigenvalue weighted by atomic mass is 79.9. The van der Waals surface area contributed by atoms with Crippen LogP contribution in [0.3, 0.4) is 0 Å². The van der Waals surface area contributed by atoms with Crippen molar-refractivity contribution in [1.82, 2.24) is 9.55 Å². The number of fused-ring (bicyclic) bond motifs is 1. The monoisotopic (exact) mass is 348 g/mol. The fraction of sp³-hybridized carbons (Fsp3) is 0.188. The summed E-state index contributed by atoms with van der Waals surface area (Å²) in [5.41, 5.74) is 2.64. The summed E-state index contributed by atoms with van der Waals surface area (Å²) in [7, 11) is 0. The molecule has 21 heavy (non-hydrogen) atoms. The predicted octanol–water partition coefficient (Wildman–Crippen LogP) is 3.54. The molecule has 1 atom stereocenters. The Morgan fingerprint density at radius 3 is 2.86 bits per heavy atom. The van der Waals surface area contributed by atoms with Gasteiger partial charge in [-0.1, -0.05) is 24.3 Å². The fourth-order valence-corrected chi connectivity index (χ4v) is 2.83. The van der Waals surface area contributed by atoms with Crippen molar-refractivity contribution in [3.8, 4) is 0 Å². The molecule has 0 fully saturated rings. The van der Waals surface area contributed by atoms with Gasteiger partial charge in [-0.25, -0.2) is 9.37 Å². The molecule has 0 aliphatic carbocycles. The van der Waals surface area contributed by atoms with E-state index in [9.17, 15) is 9.50 Å². The van der Waals surface area contributed by atoms with Crippen LogP contribution in [0.5, 0.6) is 0 Å². The summed E-state index contributed by atoms with van der Waals surface area (Å²) in [5, 5.41) is 10.3. The van der Waals surface area contributed by atoms with Crippen LogP contribution in [0.2, 0.25) is 0 Å². The molecule has 0 spiro atoms. The first-order chi connectivity index (χ1) is 10.1. The van der Waals surface area contributed by atoms with E-state index < -0.39 is 6.10 Å². The Labute approximate surface area is 130 Å². The van der Waals surface area contributed by atoms with E-state index in [2.05, 4.69) is 20.9 Å². The number of rotatable bonds is 4. The van der Waals surface area contributed by atoms with Crippen LogP contribution in [0, 0.1) is 5.82 Å². The van der Waals surface area contributed by atoms with E-state index in [0.717, 1.165) is 16.6 Å². The molecule has 0 bridgehead atoms. The van der Waals surface area contributed by atoms with E-state index in [4.69, 9.17) is 0 Å². The van der Waals surface area contributed by atoms with E-state index in [1.807, 2.05) is 34.9 Å². The van der Waals surface area contributed by atoms with E-state index in [0.29, 0.717) is 17.4 Å². The van der Waals surface area contributed by atoms with Gasteiger partial charge in [-0.2, -0.15) is 0 Å². The molecular weight excluding hydrogens is 335 g/mol. The third-order valence-corrected chi connectivity index (χ3v) is 4.31. The second-order valence-corrected chi connectivity index (χ2v) is 5.75. The van der Waals surface area contributed by atoms with Gasteiger partial charge in [0.15, 0.2) is 0 Å². The normalized spacial score (nSPS) is 12.7. The summed E-state index contributed by atoms with van der Waals surface area (Å²) in [6.45, 7) is 0.420. The molecule has 0 aliphatic heterocycles. The zero-order chi connectivity index (χ0) is 14.8. The van der Waals surface area contributed by atoms with Crippen molar-refractivity contribution in [3.05, 3.63) is 64.6 Å². The van der Waals surface area contributed by atoms with E-state index in [1.165, 1.54) is 6.07 Å². The molecule has 0 aliphatic rings. The molecule has 0 amide bonds. The Morgan fingerprint density at radius 1 is 1.19 bits per heavy atom. The van der Waals surface area contributed by atoms with Crippen LogP contribution >= 0.6 is 15.9 Å². The minimum absolute atomic E-state index is 0.312. The van der Waals surface area contributed by atoms with Crippen molar-refractivity contribution in [1.29, 1.82) is 0 Å². The van der Waals surface area contributed by atoms with Gasteiger partial charge in [-0.05, 0) is 39.7 Å². The van der Waals surface area contributed by atoms with Gasteiger partial charge in [-0.3, -0.25) is 0 Å². The smallest absolute Gasteiger partial charge is 0.137 e. The van der Waals surface area contributed by atoms with Crippen LogP contribution in [0.1, 0.15) is 5.56 Å². The van der Waals surface area contributed by atoms with Gasteiger partial charge in [-0.15, -0.1) is 0 Å². The Balaban J connectivity index is 1.77. The van der Waals surface area contributed by atoms with Gasteiger partial charge >= 0.3 is 0 Å². The molecular formula is C16H14BrFN2O. The van der Waals surface area contributed by atoms with Gasteiger partial charge in [0.05, 0.1) is 34.5 Å². The lowest BCUT2D eigenvalue weighted by Crippen LogP contribution is -2.18. The molecule has 3 nitrogen and oxygen atoms in total. The molecule has 1 N–H and O–H groups in total. The summed E-state index contributed by atoms with van der Waals surface area (Å²) >= 11 is 3.22. The van der Waals surface area contributed by atoms with Crippen LogP contribution in [-0.2, 0) is 13.0 Å². The molecule has 0 radical (unpaired) electrons. The Hall–Kier alpha value is -1.72. The minimum Gasteiger partial charge on any atom is -0.391 e. The number of para-hydroxylation sites is 2. The molecule has 2 aromatic carbocycles. The third-order valence-electron chi connectivity index (χ3n) is 3.42. The van der Waals surface area contributed by atoms with Gasteiger partial charge in [0.1, 0.15) is 5.82 Å². The number of aromatic nitrogens is 2. The SMILES string of the molecule is OC(Cc1cccc(F)c1Br)Cn1cnc2ccccc21. The summed E-state index contributed by atoms with van der Waals surface area (Å²) in [6.07, 6.45) is 1.49. The molecule has 5 heteroatoms. The van der Waals surface area contributed by atoms with Crippen molar-refractivity contribution in [2.75, 3.05) is 0 Å². The number of hydrogen-bond donors (Lipinski definition) is 1. The minimum atomic E-state index is -0.610. The van der Waals surface area contributed by atoms with E-state index >= 15 is 0 Å². The van der Waals surface area contributed by atoms with Crippen molar-refractivity contribution in [2.45, 2.75) is 19.1 Å². The Morgan fingerprint density at radius 2 is 2.00 bits per heavy atom. The van der Waals surface area contributed by atoms with E-state index in [1.54, 1.807) is 12.4 Å². The van der Waals surface area contributed by atoms with E-state index in [-0.39, 0.29) is 5.82 Å². The Kier molecular flexibility index (Phi) is 4.03. The van der Waals surface area contributed by atoms with Gasteiger partial charge in [0.2, 0.25) is 0 Å². The standard InChI is InChI=1S/C16H14BrFN2O/c17-16-11(4-3-5-13(16)18)8-12(21)9-20-10-19-14-6-1-2-7-15(14)20/h1-7,10,12,21H,8-9H2. The molecule has 3 aromatic rings. The third kappa shape index (κ3) is 2.99. The number of aliphatic hydroxyl groups excluding tert-OH is 1. The van der Waals surface area contributed by atoms with Gasteiger partial charge < -0.3 is 9.67 Å². The average Bonchev–Trinajstić information content (AvgIpc) is 2.87.